The van der Waals surface area contributed by atoms with Gasteiger partial charge in [0.15, 0.2) is 12.4 Å². The molecule has 0 unspecified atom stereocenters. The predicted molar refractivity (Wildman–Crippen MR) is 95.3 cm³/mol. The lowest BCUT2D eigenvalue weighted by atomic mass is 10.1. The van der Waals surface area contributed by atoms with Crippen LogP contribution in [0.1, 0.15) is 15.9 Å². The molecule has 2 aromatic carbocycles. The summed E-state index contributed by atoms with van der Waals surface area (Å²) in [5.41, 5.74) is 2.96. The standard InChI is InChI=1S/C19H20N2O4/c1-20(2)15-6-3-13(4-7-15)10-21-16-9-14(17(23)11-22)5-8-18(16)25-12-19(21)24/h3-9,22H,10-12H2,1-2H3. The van der Waals surface area contributed by atoms with Gasteiger partial charge in [0, 0.05) is 25.3 Å². The summed E-state index contributed by atoms with van der Waals surface area (Å²) in [6.07, 6.45) is 0. The second kappa shape index (κ2) is 6.94. The number of benzene rings is 2. The first-order valence-electron chi connectivity index (χ1n) is 7.97. The van der Waals surface area contributed by atoms with Crippen molar-refractivity contribution in [3.05, 3.63) is 53.6 Å². The summed E-state index contributed by atoms with van der Waals surface area (Å²) in [4.78, 5) is 27.7. The third-order valence-corrected chi connectivity index (χ3v) is 4.16. The highest BCUT2D eigenvalue weighted by atomic mass is 16.5. The molecule has 3 rings (SSSR count). The number of carbonyl (C=O) groups excluding carboxylic acids is 2. The Morgan fingerprint density at radius 2 is 1.92 bits per heavy atom. The van der Waals surface area contributed by atoms with E-state index >= 15 is 0 Å². The lowest BCUT2D eigenvalue weighted by molar-refractivity contribution is -0.121. The molecule has 130 valence electrons. The Labute approximate surface area is 146 Å². The topological polar surface area (TPSA) is 70.1 Å². The number of amides is 1. The van der Waals surface area contributed by atoms with Crippen molar-refractivity contribution < 1.29 is 19.4 Å². The van der Waals surface area contributed by atoms with Crippen LogP contribution >= 0.6 is 0 Å². The Morgan fingerprint density at radius 1 is 1.20 bits per heavy atom. The first kappa shape index (κ1) is 17.0. The van der Waals surface area contributed by atoms with Crippen molar-refractivity contribution in [2.24, 2.45) is 0 Å². The molecule has 1 heterocycles. The molecular formula is C19H20N2O4. The molecule has 1 amide bonds. The molecule has 6 heteroatoms. The Morgan fingerprint density at radius 3 is 2.56 bits per heavy atom. The number of rotatable bonds is 5. The maximum Gasteiger partial charge on any atom is 0.265 e. The van der Waals surface area contributed by atoms with Gasteiger partial charge in [0.2, 0.25) is 0 Å². The molecule has 25 heavy (non-hydrogen) atoms. The number of aliphatic hydroxyl groups excluding tert-OH is 1. The molecule has 0 atom stereocenters. The van der Waals surface area contributed by atoms with Gasteiger partial charge in [-0.15, -0.1) is 0 Å². The fourth-order valence-electron chi connectivity index (χ4n) is 2.72. The number of hydrogen-bond acceptors (Lipinski definition) is 5. The maximum atomic E-state index is 12.3. The van der Waals surface area contributed by atoms with Crippen LogP contribution < -0.4 is 14.5 Å². The van der Waals surface area contributed by atoms with Crippen LogP contribution in [0.5, 0.6) is 5.75 Å². The maximum absolute atomic E-state index is 12.3. The SMILES string of the molecule is CN(C)c1ccc(CN2C(=O)COc3ccc(C(=O)CO)cc32)cc1. The van der Waals surface area contributed by atoms with Crippen molar-refractivity contribution in [3.63, 3.8) is 0 Å². The summed E-state index contributed by atoms with van der Waals surface area (Å²) in [6.45, 7) is -0.213. The third kappa shape index (κ3) is 3.49. The van der Waals surface area contributed by atoms with Crippen LogP contribution in [0.2, 0.25) is 0 Å². The predicted octanol–water partition coefficient (Wildman–Crippen LogP) is 1.85. The third-order valence-electron chi connectivity index (χ3n) is 4.16. The highest BCUT2D eigenvalue weighted by molar-refractivity contribution is 6.02. The number of Topliss-reactive ketones (excluding diaryl/α,β-unsaturated/α-hetero) is 1. The second-order valence-corrected chi connectivity index (χ2v) is 6.09. The van der Waals surface area contributed by atoms with Crippen LogP contribution in [0.3, 0.4) is 0 Å². The number of aliphatic hydroxyl groups is 1. The Bertz CT molecular complexity index is 800. The largest absolute Gasteiger partial charge is 0.482 e. The van der Waals surface area contributed by atoms with Crippen molar-refractivity contribution in [2.45, 2.75) is 6.54 Å². The number of nitrogens with zero attached hydrogens (tertiary/aromatic N) is 2. The monoisotopic (exact) mass is 340 g/mol. The summed E-state index contributed by atoms with van der Waals surface area (Å²) < 4.78 is 5.45. The van der Waals surface area contributed by atoms with E-state index in [2.05, 4.69) is 0 Å². The van der Waals surface area contributed by atoms with E-state index in [-0.39, 0.29) is 12.5 Å². The van der Waals surface area contributed by atoms with Crippen LogP contribution in [0.4, 0.5) is 11.4 Å². The molecule has 0 aromatic heterocycles. The minimum absolute atomic E-state index is 0.0317. The number of ketones is 1. The first-order valence-corrected chi connectivity index (χ1v) is 7.97. The molecule has 0 bridgehead atoms. The summed E-state index contributed by atoms with van der Waals surface area (Å²) >= 11 is 0. The van der Waals surface area contributed by atoms with E-state index in [0.717, 1.165) is 11.3 Å². The van der Waals surface area contributed by atoms with Crippen molar-refractivity contribution >= 4 is 23.1 Å². The smallest absolute Gasteiger partial charge is 0.265 e. The normalized spacial score (nSPS) is 13.2. The van der Waals surface area contributed by atoms with Crippen LogP contribution in [-0.2, 0) is 11.3 Å². The fraction of sp³-hybridized carbons (Fsp3) is 0.263. The van der Waals surface area contributed by atoms with E-state index in [1.54, 1.807) is 23.1 Å². The van der Waals surface area contributed by atoms with Crippen molar-refractivity contribution in [1.82, 2.24) is 0 Å². The lowest BCUT2D eigenvalue weighted by Gasteiger charge is -2.30. The lowest BCUT2D eigenvalue weighted by Crippen LogP contribution is -2.38. The van der Waals surface area contributed by atoms with Gasteiger partial charge in [0.1, 0.15) is 12.4 Å². The number of hydrogen-bond donors (Lipinski definition) is 1. The zero-order valence-electron chi connectivity index (χ0n) is 14.2. The van der Waals surface area contributed by atoms with Gasteiger partial charge >= 0.3 is 0 Å². The van der Waals surface area contributed by atoms with Gasteiger partial charge in [-0.2, -0.15) is 0 Å². The van der Waals surface area contributed by atoms with Crippen LogP contribution in [0, 0.1) is 0 Å². The molecule has 1 N–H and O–H groups in total. The average molecular weight is 340 g/mol. The zero-order valence-corrected chi connectivity index (χ0v) is 14.2. The van der Waals surface area contributed by atoms with Gasteiger partial charge < -0.3 is 19.6 Å². The average Bonchev–Trinajstić information content (AvgIpc) is 2.63. The van der Waals surface area contributed by atoms with Gasteiger partial charge in [-0.3, -0.25) is 9.59 Å². The summed E-state index contributed by atoms with van der Waals surface area (Å²) in [5, 5.41) is 9.05. The highest BCUT2D eigenvalue weighted by Gasteiger charge is 2.26. The number of anilines is 2. The Kier molecular flexibility index (Phi) is 4.72. The van der Waals surface area contributed by atoms with Gasteiger partial charge in [0.25, 0.3) is 5.91 Å². The van der Waals surface area contributed by atoms with E-state index in [1.807, 2.05) is 43.3 Å². The summed E-state index contributed by atoms with van der Waals surface area (Å²) in [5.74, 6) is -0.00658. The second-order valence-electron chi connectivity index (χ2n) is 6.09. The molecular weight excluding hydrogens is 320 g/mol. The summed E-state index contributed by atoms with van der Waals surface area (Å²) in [7, 11) is 3.94. The Hall–Kier alpha value is -2.86. The van der Waals surface area contributed by atoms with Crippen LogP contribution in [0.25, 0.3) is 0 Å². The molecule has 6 nitrogen and oxygen atoms in total. The molecule has 0 aliphatic carbocycles. The fourth-order valence-corrected chi connectivity index (χ4v) is 2.72. The molecule has 0 saturated heterocycles. The molecule has 2 aromatic rings. The molecule has 1 aliphatic heterocycles. The van der Waals surface area contributed by atoms with E-state index in [0.29, 0.717) is 23.5 Å². The molecule has 0 saturated carbocycles. The van der Waals surface area contributed by atoms with Gasteiger partial charge in [-0.05, 0) is 35.9 Å². The van der Waals surface area contributed by atoms with Crippen molar-refractivity contribution in [2.75, 3.05) is 37.1 Å². The van der Waals surface area contributed by atoms with Crippen LogP contribution in [0.15, 0.2) is 42.5 Å². The summed E-state index contributed by atoms with van der Waals surface area (Å²) in [6, 6.07) is 12.8. The van der Waals surface area contributed by atoms with Crippen molar-refractivity contribution in [3.8, 4) is 5.75 Å². The van der Waals surface area contributed by atoms with Gasteiger partial charge in [-0.25, -0.2) is 0 Å². The van der Waals surface area contributed by atoms with E-state index < -0.39 is 12.4 Å². The number of fused-ring (bicyclic) bond motifs is 1. The van der Waals surface area contributed by atoms with Crippen LogP contribution in [-0.4, -0.2) is 44.1 Å². The van der Waals surface area contributed by atoms with E-state index in [9.17, 15) is 9.59 Å². The van der Waals surface area contributed by atoms with Crippen molar-refractivity contribution in [1.29, 1.82) is 0 Å². The molecule has 0 spiro atoms. The quantitative estimate of drug-likeness (QED) is 0.841. The van der Waals surface area contributed by atoms with E-state index in [4.69, 9.17) is 9.84 Å². The molecule has 1 aliphatic rings. The van der Waals surface area contributed by atoms with Gasteiger partial charge in [0.05, 0.1) is 12.2 Å². The molecule has 0 fully saturated rings. The minimum Gasteiger partial charge on any atom is -0.482 e. The number of ether oxygens (including phenoxy) is 1. The first-order chi connectivity index (χ1) is 12.0. The molecule has 0 radical (unpaired) electrons. The highest BCUT2D eigenvalue weighted by Crippen LogP contribution is 2.34. The number of carbonyl (C=O) groups is 2. The van der Waals surface area contributed by atoms with Gasteiger partial charge in [-0.1, -0.05) is 12.1 Å². The Balaban J connectivity index is 1.91. The van der Waals surface area contributed by atoms with E-state index in [1.165, 1.54) is 0 Å². The zero-order chi connectivity index (χ0) is 18.0. The minimum atomic E-state index is -0.570.